The second-order valence-electron chi connectivity index (χ2n) is 5.24. The van der Waals surface area contributed by atoms with Crippen LogP contribution in [0.5, 0.6) is 0 Å². The van der Waals surface area contributed by atoms with Gasteiger partial charge < -0.3 is 5.32 Å². The minimum Gasteiger partial charge on any atom is -0.350 e. The van der Waals surface area contributed by atoms with E-state index in [1.54, 1.807) is 6.07 Å². The third-order valence-corrected chi connectivity index (χ3v) is 3.46. The standard InChI is InChI=1S/C15H15FN4O2/c16-12-7-11(8-17-9-12)15(22)18-5-6-20-14(21)4-3-13(19-20)10-1-2-10/h3-4,7-10H,1-2,5-6H2,(H,18,22). The van der Waals surface area contributed by atoms with Crippen molar-refractivity contribution < 1.29 is 9.18 Å². The van der Waals surface area contributed by atoms with Gasteiger partial charge in [0.1, 0.15) is 5.82 Å². The van der Waals surface area contributed by atoms with Gasteiger partial charge in [0.25, 0.3) is 11.5 Å². The first kappa shape index (κ1) is 14.4. The number of pyridine rings is 1. The maximum atomic E-state index is 13.0. The number of carbonyl (C=O) groups excluding carboxylic acids is 1. The molecule has 0 unspecified atom stereocenters. The summed E-state index contributed by atoms with van der Waals surface area (Å²) in [6.45, 7) is 0.504. The highest BCUT2D eigenvalue weighted by molar-refractivity contribution is 5.93. The molecule has 1 aliphatic rings. The molecule has 0 aromatic carbocycles. The summed E-state index contributed by atoms with van der Waals surface area (Å²) in [5.41, 5.74) is 0.860. The molecule has 0 atom stereocenters. The number of nitrogens with one attached hydrogen (secondary N) is 1. The lowest BCUT2D eigenvalue weighted by molar-refractivity contribution is 0.0951. The first-order chi connectivity index (χ1) is 10.6. The van der Waals surface area contributed by atoms with Crippen LogP contribution in [-0.4, -0.2) is 27.2 Å². The Bertz CT molecular complexity index is 755. The molecule has 0 bridgehead atoms. The molecule has 3 rings (SSSR count). The van der Waals surface area contributed by atoms with Crippen molar-refractivity contribution in [2.24, 2.45) is 0 Å². The van der Waals surface area contributed by atoms with Gasteiger partial charge in [-0.25, -0.2) is 9.07 Å². The van der Waals surface area contributed by atoms with Crippen molar-refractivity contribution in [3.63, 3.8) is 0 Å². The highest BCUT2D eigenvalue weighted by atomic mass is 19.1. The highest BCUT2D eigenvalue weighted by Gasteiger charge is 2.25. The lowest BCUT2D eigenvalue weighted by atomic mass is 10.2. The zero-order chi connectivity index (χ0) is 15.5. The SMILES string of the molecule is O=C(NCCn1nc(C2CC2)ccc1=O)c1cncc(F)c1. The van der Waals surface area contributed by atoms with Crippen LogP contribution in [0.1, 0.15) is 34.8 Å². The lowest BCUT2D eigenvalue weighted by Crippen LogP contribution is -2.32. The Hall–Kier alpha value is -2.57. The normalized spacial score (nSPS) is 13.9. The van der Waals surface area contributed by atoms with Crippen LogP contribution in [-0.2, 0) is 6.54 Å². The van der Waals surface area contributed by atoms with Crippen LogP contribution in [0.2, 0.25) is 0 Å². The topological polar surface area (TPSA) is 76.9 Å². The molecule has 2 aromatic rings. The van der Waals surface area contributed by atoms with E-state index < -0.39 is 11.7 Å². The molecule has 0 saturated heterocycles. The zero-order valence-corrected chi connectivity index (χ0v) is 11.8. The van der Waals surface area contributed by atoms with E-state index in [9.17, 15) is 14.0 Å². The number of rotatable bonds is 5. The summed E-state index contributed by atoms with van der Waals surface area (Å²) in [6, 6.07) is 4.37. The van der Waals surface area contributed by atoms with Crippen LogP contribution in [0, 0.1) is 5.82 Å². The van der Waals surface area contributed by atoms with Gasteiger partial charge in [0.2, 0.25) is 0 Å². The van der Waals surface area contributed by atoms with Crippen LogP contribution in [0.15, 0.2) is 35.4 Å². The third-order valence-electron chi connectivity index (χ3n) is 3.46. The van der Waals surface area contributed by atoms with E-state index in [0.29, 0.717) is 5.92 Å². The Morgan fingerprint density at radius 1 is 1.36 bits per heavy atom. The largest absolute Gasteiger partial charge is 0.350 e. The summed E-state index contributed by atoms with van der Waals surface area (Å²) in [6.07, 6.45) is 4.53. The minimum atomic E-state index is -0.567. The van der Waals surface area contributed by atoms with Crippen LogP contribution in [0.4, 0.5) is 4.39 Å². The van der Waals surface area contributed by atoms with Crippen molar-refractivity contribution in [2.45, 2.75) is 25.3 Å². The third kappa shape index (κ3) is 3.36. The van der Waals surface area contributed by atoms with Crippen LogP contribution >= 0.6 is 0 Å². The summed E-state index contributed by atoms with van der Waals surface area (Å²) >= 11 is 0. The maximum absolute atomic E-state index is 13.0. The van der Waals surface area contributed by atoms with Crippen LogP contribution in [0.3, 0.4) is 0 Å². The van der Waals surface area contributed by atoms with E-state index in [0.717, 1.165) is 30.8 Å². The second kappa shape index (κ2) is 6.05. The van der Waals surface area contributed by atoms with Gasteiger partial charge in [-0.3, -0.25) is 14.6 Å². The van der Waals surface area contributed by atoms with Crippen molar-refractivity contribution in [1.82, 2.24) is 20.1 Å². The molecule has 6 nitrogen and oxygen atoms in total. The van der Waals surface area contributed by atoms with Gasteiger partial charge in [-0.2, -0.15) is 5.10 Å². The molecule has 7 heteroatoms. The number of aromatic nitrogens is 3. The summed E-state index contributed by atoms with van der Waals surface area (Å²) in [7, 11) is 0. The van der Waals surface area contributed by atoms with Crippen molar-refractivity contribution in [3.8, 4) is 0 Å². The Balaban J connectivity index is 1.60. The van der Waals surface area contributed by atoms with Gasteiger partial charge in [-0.15, -0.1) is 0 Å². The summed E-state index contributed by atoms with van der Waals surface area (Å²) < 4.78 is 14.3. The number of hydrogen-bond acceptors (Lipinski definition) is 4. The zero-order valence-electron chi connectivity index (χ0n) is 11.8. The first-order valence-corrected chi connectivity index (χ1v) is 7.10. The van der Waals surface area contributed by atoms with Crippen LogP contribution in [0.25, 0.3) is 0 Å². The Morgan fingerprint density at radius 3 is 2.91 bits per heavy atom. The Morgan fingerprint density at radius 2 is 2.18 bits per heavy atom. The predicted octanol–water partition coefficient (Wildman–Crippen LogP) is 1.08. The minimum absolute atomic E-state index is 0.145. The van der Waals surface area contributed by atoms with E-state index in [4.69, 9.17) is 0 Å². The molecule has 1 aliphatic carbocycles. The number of amides is 1. The van der Waals surface area contributed by atoms with Gasteiger partial charge in [0.15, 0.2) is 0 Å². The fraction of sp³-hybridized carbons (Fsp3) is 0.333. The number of carbonyl (C=O) groups is 1. The molecule has 0 aliphatic heterocycles. The fourth-order valence-corrected chi connectivity index (χ4v) is 2.14. The van der Waals surface area contributed by atoms with Gasteiger partial charge in [-0.05, 0) is 25.0 Å². The van der Waals surface area contributed by atoms with E-state index in [1.165, 1.54) is 16.9 Å². The van der Waals surface area contributed by atoms with Gasteiger partial charge >= 0.3 is 0 Å². The highest BCUT2D eigenvalue weighted by Crippen LogP contribution is 2.38. The summed E-state index contributed by atoms with van der Waals surface area (Å²) in [4.78, 5) is 27.2. The van der Waals surface area contributed by atoms with Gasteiger partial charge in [0, 0.05) is 24.7 Å². The number of halogens is 1. The van der Waals surface area contributed by atoms with E-state index in [2.05, 4.69) is 15.4 Å². The van der Waals surface area contributed by atoms with Gasteiger partial charge in [-0.1, -0.05) is 0 Å². The quantitative estimate of drug-likeness (QED) is 0.897. The van der Waals surface area contributed by atoms with E-state index in [-0.39, 0.29) is 24.2 Å². The van der Waals surface area contributed by atoms with E-state index in [1.807, 2.05) is 0 Å². The van der Waals surface area contributed by atoms with E-state index >= 15 is 0 Å². The van der Waals surface area contributed by atoms with Crippen LogP contribution < -0.4 is 10.9 Å². The molecule has 1 amide bonds. The number of hydrogen-bond donors (Lipinski definition) is 1. The Labute approximate surface area is 126 Å². The summed E-state index contributed by atoms with van der Waals surface area (Å²) in [5.74, 6) is -0.541. The van der Waals surface area contributed by atoms with Crippen molar-refractivity contribution in [2.75, 3.05) is 6.54 Å². The average Bonchev–Trinajstić information content (AvgIpc) is 3.34. The van der Waals surface area contributed by atoms with Crippen molar-refractivity contribution in [3.05, 3.63) is 58.0 Å². The predicted molar refractivity (Wildman–Crippen MR) is 77.0 cm³/mol. The lowest BCUT2D eigenvalue weighted by Gasteiger charge is -2.08. The maximum Gasteiger partial charge on any atom is 0.266 e. The molecule has 1 saturated carbocycles. The monoisotopic (exact) mass is 302 g/mol. The molecule has 114 valence electrons. The Kier molecular flexibility index (Phi) is 3.95. The first-order valence-electron chi connectivity index (χ1n) is 7.10. The van der Waals surface area contributed by atoms with Crippen molar-refractivity contribution >= 4 is 5.91 Å². The molecule has 0 radical (unpaired) electrons. The van der Waals surface area contributed by atoms with Crippen molar-refractivity contribution in [1.29, 1.82) is 0 Å². The van der Waals surface area contributed by atoms with Gasteiger partial charge in [0.05, 0.1) is 24.0 Å². The summed E-state index contributed by atoms with van der Waals surface area (Å²) in [5, 5.41) is 6.92. The molecule has 22 heavy (non-hydrogen) atoms. The molecule has 0 spiro atoms. The smallest absolute Gasteiger partial charge is 0.266 e. The fourth-order valence-electron chi connectivity index (χ4n) is 2.14. The molecule has 2 heterocycles. The molecule has 2 aromatic heterocycles. The number of nitrogens with zero attached hydrogens (tertiary/aromatic N) is 3. The molecular weight excluding hydrogens is 287 g/mol. The molecule has 1 fully saturated rings. The second-order valence-corrected chi connectivity index (χ2v) is 5.24. The average molecular weight is 302 g/mol. The molecule has 1 N–H and O–H groups in total. The molecular formula is C15H15FN4O2.